The summed E-state index contributed by atoms with van der Waals surface area (Å²) in [4.78, 5) is 0. The SMILES string of the molecule is NC[C@@H](N)c1cc(Br)ccc1Br. The lowest BCUT2D eigenvalue weighted by molar-refractivity contribution is 0.733. The van der Waals surface area contributed by atoms with Crippen LogP contribution < -0.4 is 11.5 Å². The lowest BCUT2D eigenvalue weighted by Crippen LogP contribution is -2.21. The Morgan fingerprint density at radius 3 is 2.58 bits per heavy atom. The third kappa shape index (κ3) is 2.29. The second-order valence-corrected chi connectivity index (χ2v) is 4.28. The van der Waals surface area contributed by atoms with Crippen molar-refractivity contribution in [2.45, 2.75) is 6.04 Å². The van der Waals surface area contributed by atoms with Gasteiger partial charge < -0.3 is 11.5 Å². The van der Waals surface area contributed by atoms with E-state index in [9.17, 15) is 0 Å². The molecule has 4 heteroatoms. The van der Waals surface area contributed by atoms with Gasteiger partial charge in [0, 0.05) is 21.5 Å². The Hall–Kier alpha value is 0.1000. The van der Waals surface area contributed by atoms with Gasteiger partial charge in [-0.3, -0.25) is 0 Å². The Balaban J connectivity index is 3.04. The molecule has 1 aromatic carbocycles. The predicted octanol–water partition coefficient (Wildman–Crippen LogP) is 2.17. The number of rotatable bonds is 2. The van der Waals surface area contributed by atoms with E-state index < -0.39 is 0 Å². The topological polar surface area (TPSA) is 52.0 Å². The number of benzene rings is 1. The first-order valence-electron chi connectivity index (χ1n) is 3.55. The second kappa shape index (κ2) is 4.37. The maximum atomic E-state index is 5.79. The van der Waals surface area contributed by atoms with E-state index in [2.05, 4.69) is 31.9 Å². The fourth-order valence-corrected chi connectivity index (χ4v) is 1.85. The highest BCUT2D eigenvalue weighted by Gasteiger charge is 2.07. The molecule has 0 spiro atoms. The van der Waals surface area contributed by atoms with Crippen LogP contribution in [0.4, 0.5) is 0 Å². The van der Waals surface area contributed by atoms with Crippen molar-refractivity contribution in [1.29, 1.82) is 0 Å². The van der Waals surface area contributed by atoms with Gasteiger partial charge in [0.05, 0.1) is 0 Å². The minimum Gasteiger partial charge on any atom is -0.329 e. The smallest absolute Gasteiger partial charge is 0.0431 e. The van der Waals surface area contributed by atoms with Crippen LogP contribution in [-0.2, 0) is 0 Å². The van der Waals surface area contributed by atoms with E-state index in [1.807, 2.05) is 18.2 Å². The molecule has 0 aliphatic carbocycles. The van der Waals surface area contributed by atoms with E-state index in [-0.39, 0.29) is 6.04 Å². The van der Waals surface area contributed by atoms with Gasteiger partial charge in [-0.25, -0.2) is 0 Å². The molecule has 0 radical (unpaired) electrons. The Kier molecular flexibility index (Phi) is 3.71. The molecule has 66 valence electrons. The lowest BCUT2D eigenvalue weighted by Gasteiger charge is -2.11. The molecule has 1 rings (SSSR count). The molecule has 0 unspecified atom stereocenters. The first-order valence-corrected chi connectivity index (χ1v) is 5.14. The van der Waals surface area contributed by atoms with Crippen LogP contribution in [0.2, 0.25) is 0 Å². The van der Waals surface area contributed by atoms with Crippen LogP contribution in [0.5, 0.6) is 0 Å². The van der Waals surface area contributed by atoms with E-state index in [4.69, 9.17) is 11.5 Å². The molecular weight excluding hydrogens is 284 g/mol. The van der Waals surface area contributed by atoms with Crippen molar-refractivity contribution >= 4 is 31.9 Å². The van der Waals surface area contributed by atoms with Gasteiger partial charge in [-0.15, -0.1) is 0 Å². The average Bonchev–Trinajstić information content (AvgIpc) is 2.08. The molecule has 0 amide bonds. The maximum Gasteiger partial charge on any atom is 0.0431 e. The standard InChI is InChI=1S/C8H10Br2N2/c9-5-1-2-7(10)6(3-5)8(12)4-11/h1-3,8H,4,11-12H2/t8-/m1/s1. The molecule has 0 aliphatic heterocycles. The van der Waals surface area contributed by atoms with Crippen molar-refractivity contribution in [1.82, 2.24) is 0 Å². The van der Waals surface area contributed by atoms with Crippen LogP contribution in [0.3, 0.4) is 0 Å². The zero-order valence-corrected chi connectivity index (χ0v) is 9.60. The van der Waals surface area contributed by atoms with Gasteiger partial charge in [0.2, 0.25) is 0 Å². The van der Waals surface area contributed by atoms with Gasteiger partial charge in [0.1, 0.15) is 0 Å². The zero-order valence-electron chi connectivity index (χ0n) is 6.43. The fourth-order valence-electron chi connectivity index (χ4n) is 0.926. The maximum absolute atomic E-state index is 5.79. The third-order valence-electron chi connectivity index (χ3n) is 1.61. The Labute approximate surface area is 88.6 Å². The van der Waals surface area contributed by atoms with Crippen LogP contribution in [0.25, 0.3) is 0 Å². The Morgan fingerprint density at radius 2 is 2.00 bits per heavy atom. The molecule has 0 heterocycles. The largest absolute Gasteiger partial charge is 0.329 e. The molecule has 4 N–H and O–H groups in total. The second-order valence-electron chi connectivity index (χ2n) is 2.51. The molecule has 1 aromatic rings. The van der Waals surface area contributed by atoms with E-state index in [1.54, 1.807) is 0 Å². The van der Waals surface area contributed by atoms with E-state index >= 15 is 0 Å². The summed E-state index contributed by atoms with van der Waals surface area (Å²) in [6.45, 7) is 0.453. The molecule has 0 fully saturated rings. The van der Waals surface area contributed by atoms with Crippen molar-refractivity contribution in [3.63, 3.8) is 0 Å². The summed E-state index contributed by atoms with van der Waals surface area (Å²) in [6.07, 6.45) is 0. The molecule has 0 bridgehead atoms. The van der Waals surface area contributed by atoms with Gasteiger partial charge in [0.15, 0.2) is 0 Å². The van der Waals surface area contributed by atoms with Crippen molar-refractivity contribution in [2.24, 2.45) is 11.5 Å². The molecular formula is C8H10Br2N2. The molecule has 0 aliphatic rings. The highest BCUT2D eigenvalue weighted by molar-refractivity contribution is 9.11. The number of halogens is 2. The summed E-state index contributed by atoms with van der Waals surface area (Å²) in [5.74, 6) is 0. The van der Waals surface area contributed by atoms with Gasteiger partial charge >= 0.3 is 0 Å². The van der Waals surface area contributed by atoms with Crippen LogP contribution in [0.1, 0.15) is 11.6 Å². The third-order valence-corrected chi connectivity index (χ3v) is 2.83. The molecule has 12 heavy (non-hydrogen) atoms. The minimum atomic E-state index is -0.100. The van der Waals surface area contributed by atoms with E-state index in [1.165, 1.54) is 0 Å². The van der Waals surface area contributed by atoms with Gasteiger partial charge in [0.25, 0.3) is 0 Å². The van der Waals surface area contributed by atoms with Crippen molar-refractivity contribution < 1.29 is 0 Å². The van der Waals surface area contributed by atoms with Gasteiger partial charge in [-0.05, 0) is 23.8 Å². The summed E-state index contributed by atoms with van der Waals surface area (Å²) >= 11 is 6.79. The molecule has 1 atom stereocenters. The highest BCUT2D eigenvalue weighted by atomic mass is 79.9. The van der Waals surface area contributed by atoms with Crippen molar-refractivity contribution in [3.8, 4) is 0 Å². The summed E-state index contributed by atoms with van der Waals surface area (Å²) in [7, 11) is 0. The van der Waals surface area contributed by atoms with Gasteiger partial charge in [-0.1, -0.05) is 31.9 Å². The average molecular weight is 294 g/mol. The van der Waals surface area contributed by atoms with Crippen molar-refractivity contribution in [2.75, 3.05) is 6.54 Å². The first kappa shape index (κ1) is 10.2. The molecule has 0 saturated carbocycles. The number of hydrogen-bond acceptors (Lipinski definition) is 2. The number of hydrogen-bond donors (Lipinski definition) is 2. The number of nitrogens with two attached hydrogens (primary N) is 2. The molecule has 0 aromatic heterocycles. The molecule has 2 nitrogen and oxygen atoms in total. The predicted molar refractivity (Wildman–Crippen MR) is 57.8 cm³/mol. The fraction of sp³-hybridized carbons (Fsp3) is 0.250. The van der Waals surface area contributed by atoms with Crippen LogP contribution >= 0.6 is 31.9 Å². The Morgan fingerprint density at radius 1 is 1.33 bits per heavy atom. The highest BCUT2D eigenvalue weighted by Crippen LogP contribution is 2.25. The molecule has 0 saturated heterocycles. The summed E-state index contributed by atoms with van der Waals surface area (Å²) < 4.78 is 2.02. The quantitative estimate of drug-likeness (QED) is 0.878. The van der Waals surface area contributed by atoms with Crippen molar-refractivity contribution in [3.05, 3.63) is 32.7 Å². The van der Waals surface area contributed by atoms with Gasteiger partial charge in [-0.2, -0.15) is 0 Å². The minimum absolute atomic E-state index is 0.100. The summed E-state index contributed by atoms with van der Waals surface area (Å²) in [6, 6.07) is 5.78. The van der Waals surface area contributed by atoms with E-state index in [0.29, 0.717) is 6.54 Å². The van der Waals surface area contributed by atoms with Crippen LogP contribution in [0.15, 0.2) is 27.1 Å². The first-order chi connectivity index (χ1) is 5.65. The Bertz CT molecular complexity index is 276. The van der Waals surface area contributed by atoms with E-state index in [0.717, 1.165) is 14.5 Å². The normalized spacial score (nSPS) is 13.0. The lowest BCUT2D eigenvalue weighted by atomic mass is 10.1. The monoisotopic (exact) mass is 292 g/mol. The van der Waals surface area contributed by atoms with Crippen LogP contribution in [-0.4, -0.2) is 6.54 Å². The zero-order chi connectivity index (χ0) is 9.14. The summed E-state index contributed by atoms with van der Waals surface area (Å²) in [5.41, 5.74) is 12.3. The summed E-state index contributed by atoms with van der Waals surface area (Å²) in [5, 5.41) is 0. The van der Waals surface area contributed by atoms with Crippen LogP contribution in [0, 0.1) is 0 Å².